The van der Waals surface area contributed by atoms with Gasteiger partial charge in [-0.05, 0) is 80.2 Å². The van der Waals surface area contributed by atoms with Crippen molar-refractivity contribution in [2.45, 2.75) is 50.5 Å². The maximum atomic E-state index is 11.2. The molecule has 0 amide bonds. The van der Waals surface area contributed by atoms with Gasteiger partial charge in [-0.25, -0.2) is 4.79 Å². The van der Waals surface area contributed by atoms with Crippen LogP contribution in [-0.4, -0.2) is 19.7 Å². The molecule has 0 radical (unpaired) electrons. The fourth-order valence-electron chi connectivity index (χ4n) is 4.77. The van der Waals surface area contributed by atoms with Gasteiger partial charge in [-0.2, -0.15) is 0 Å². The summed E-state index contributed by atoms with van der Waals surface area (Å²) >= 11 is 0. The zero-order valence-electron chi connectivity index (χ0n) is 17.6. The number of rotatable bonds is 8. The summed E-state index contributed by atoms with van der Waals surface area (Å²) in [6, 6.07) is 18.3. The van der Waals surface area contributed by atoms with Gasteiger partial charge in [0.25, 0.3) is 0 Å². The quantitative estimate of drug-likeness (QED) is 0.299. The molecule has 158 valence electrons. The fourth-order valence-corrected chi connectivity index (χ4v) is 4.77. The van der Waals surface area contributed by atoms with Gasteiger partial charge in [0.15, 0.2) is 0 Å². The Bertz CT molecular complexity index is 862. The third kappa shape index (κ3) is 4.59. The van der Waals surface area contributed by atoms with E-state index < -0.39 is 0 Å². The van der Waals surface area contributed by atoms with Crippen LogP contribution >= 0.6 is 0 Å². The summed E-state index contributed by atoms with van der Waals surface area (Å²) in [5.41, 5.74) is 1.34. The molecule has 2 aromatic rings. The summed E-state index contributed by atoms with van der Waals surface area (Å²) < 4.78 is 17.2. The molecule has 4 nitrogen and oxygen atoms in total. The maximum Gasteiger partial charge on any atom is 0.330 e. The van der Waals surface area contributed by atoms with E-state index >= 15 is 0 Å². The van der Waals surface area contributed by atoms with E-state index in [0.29, 0.717) is 5.41 Å². The van der Waals surface area contributed by atoms with Gasteiger partial charge >= 0.3 is 5.97 Å². The molecule has 0 N–H and O–H groups in total. The number of benzene rings is 2. The van der Waals surface area contributed by atoms with E-state index in [2.05, 4.69) is 22.9 Å². The summed E-state index contributed by atoms with van der Waals surface area (Å²) in [6.07, 6.45) is 11.0. The minimum Gasteiger partial charge on any atom is -0.466 e. The van der Waals surface area contributed by atoms with Crippen molar-refractivity contribution >= 4 is 5.97 Å². The van der Waals surface area contributed by atoms with Gasteiger partial charge < -0.3 is 14.2 Å². The normalized spacial score (nSPS) is 25.4. The van der Waals surface area contributed by atoms with Gasteiger partial charge in [0.1, 0.15) is 11.5 Å². The van der Waals surface area contributed by atoms with Crippen molar-refractivity contribution in [1.29, 1.82) is 0 Å². The van der Waals surface area contributed by atoms with Crippen LogP contribution in [0.4, 0.5) is 0 Å². The molecule has 30 heavy (non-hydrogen) atoms. The summed E-state index contributed by atoms with van der Waals surface area (Å²) in [5.74, 6) is 1.42. The summed E-state index contributed by atoms with van der Waals surface area (Å²) in [4.78, 5) is 11.2. The van der Waals surface area contributed by atoms with Crippen molar-refractivity contribution in [2.24, 2.45) is 5.41 Å². The molecule has 1 saturated carbocycles. The Hall–Kier alpha value is -2.59. The molecular weight excluding hydrogens is 376 g/mol. The first-order valence-corrected chi connectivity index (χ1v) is 10.9. The van der Waals surface area contributed by atoms with Crippen LogP contribution < -0.4 is 4.74 Å². The molecule has 5 rings (SSSR count). The number of unbranched alkanes of at least 4 members (excludes halogenated alkanes) is 1. The topological polar surface area (TPSA) is 44.8 Å². The van der Waals surface area contributed by atoms with Crippen LogP contribution in [0.5, 0.6) is 11.5 Å². The lowest BCUT2D eigenvalue weighted by atomic mass is 9.62. The first-order valence-electron chi connectivity index (χ1n) is 10.9. The molecular formula is C26H30O4. The number of allylic oxidation sites excluding steroid dienone is 1. The lowest BCUT2D eigenvalue weighted by Gasteiger charge is -2.53. The molecule has 1 aliphatic carbocycles. The van der Waals surface area contributed by atoms with E-state index in [1.165, 1.54) is 31.6 Å². The van der Waals surface area contributed by atoms with Crippen molar-refractivity contribution in [3.8, 4) is 11.5 Å². The molecule has 0 spiro atoms. The molecule has 2 bridgehead atoms. The minimum atomic E-state index is -0.282. The second-order valence-corrected chi connectivity index (χ2v) is 8.54. The molecule has 2 saturated heterocycles. The van der Waals surface area contributed by atoms with Crippen LogP contribution in [0.1, 0.15) is 50.5 Å². The van der Waals surface area contributed by atoms with Gasteiger partial charge in [-0.3, -0.25) is 0 Å². The average Bonchev–Trinajstić information content (AvgIpc) is 2.81. The van der Waals surface area contributed by atoms with Crippen molar-refractivity contribution in [3.05, 3.63) is 72.3 Å². The Labute approximate surface area is 178 Å². The highest BCUT2D eigenvalue weighted by molar-refractivity contribution is 5.81. The average molecular weight is 407 g/mol. The molecule has 4 heteroatoms. The second kappa shape index (κ2) is 9.05. The Morgan fingerprint density at radius 3 is 2.50 bits per heavy atom. The standard InChI is InChI=1S/C26H30O4/c1-28-24(27)13-6-3-7-14-25-15-17-26(18-16-25,29-20-25)21-9-8-12-23(19-21)30-22-10-4-2-5-11-22/h2,4-6,8-13,19H,3,7,14-18,20H2,1H3/b13-6+. The predicted octanol–water partition coefficient (Wildman–Crippen LogP) is 6.16. The highest BCUT2D eigenvalue weighted by Gasteiger charge is 2.50. The van der Waals surface area contributed by atoms with Crippen LogP contribution in [0.2, 0.25) is 0 Å². The lowest BCUT2D eigenvalue weighted by molar-refractivity contribution is -0.191. The van der Waals surface area contributed by atoms with Crippen LogP contribution in [-0.2, 0) is 19.9 Å². The molecule has 3 fully saturated rings. The summed E-state index contributed by atoms with van der Waals surface area (Å²) in [5, 5.41) is 0. The van der Waals surface area contributed by atoms with Gasteiger partial charge in [0, 0.05) is 6.08 Å². The number of para-hydroxylation sites is 1. The second-order valence-electron chi connectivity index (χ2n) is 8.54. The molecule has 0 unspecified atom stereocenters. The summed E-state index contributed by atoms with van der Waals surface area (Å²) in [6.45, 7) is 0.817. The molecule has 0 atom stereocenters. The molecule has 2 heterocycles. The number of hydrogen-bond acceptors (Lipinski definition) is 4. The highest BCUT2D eigenvalue weighted by Crippen LogP contribution is 2.55. The summed E-state index contributed by atoms with van der Waals surface area (Å²) in [7, 11) is 1.41. The van der Waals surface area contributed by atoms with Crippen molar-refractivity contribution in [1.82, 2.24) is 0 Å². The Morgan fingerprint density at radius 1 is 1.03 bits per heavy atom. The van der Waals surface area contributed by atoms with Gasteiger partial charge in [0.2, 0.25) is 0 Å². The van der Waals surface area contributed by atoms with E-state index in [1.807, 2.05) is 42.5 Å². The largest absolute Gasteiger partial charge is 0.466 e. The SMILES string of the molecule is COC(=O)/C=C/CCCC12CCC(c3cccc(Oc4ccccc4)c3)(CC1)OC2. The van der Waals surface area contributed by atoms with Crippen LogP contribution in [0.25, 0.3) is 0 Å². The van der Waals surface area contributed by atoms with Gasteiger partial charge in [-0.15, -0.1) is 0 Å². The van der Waals surface area contributed by atoms with Crippen LogP contribution in [0.15, 0.2) is 66.7 Å². The minimum absolute atomic E-state index is 0.178. The molecule has 0 aromatic heterocycles. The van der Waals surface area contributed by atoms with E-state index in [4.69, 9.17) is 9.47 Å². The Morgan fingerprint density at radius 2 is 1.80 bits per heavy atom. The maximum absolute atomic E-state index is 11.2. The van der Waals surface area contributed by atoms with Crippen molar-refractivity contribution in [2.75, 3.05) is 13.7 Å². The fraction of sp³-hybridized carbons (Fsp3) is 0.423. The number of carbonyl (C=O) groups is 1. The zero-order valence-corrected chi connectivity index (χ0v) is 17.6. The van der Waals surface area contributed by atoms with Crippen molar-refractivity contribution in [3.63, 3.8) is 0 Å². The number of ether oxygens (including phenoxy) is 3. The van der Waals surface area contributed by atoms with Crippen molar-refractivity contribution < 1.29 is 19.0 Å². The van der Waals surface area contributed by atoms with Gasteiger partial charge in [0.05, 0.1) is 19.3 Å². The number of methoxy groups -OCH3 is 1. The number of fused-ring (bicyclic) bond motifs is 3. The monoisotopic (exact) mass is 406 g/mol. The first-order chi connectivity index (χ1) is 14.6. The van der Waals surface area contributed by atoms with Crippen LogP contribution in [0, 0.1) is 5.41 Å². The number of hydrogen-bond donors (Lipinski definition) is 0. The Kier molecular flexibility index (Phi) is 6.24. The third-order valence-corrected chi connectivity index (χ3v) is 6.65. The zero-order chi connectivity index (χ0) is 20.9. The van der Waals surface area contributed by atoms with E-state index in [-0.39, 0.29) is 11.6 Å². The highest BCUT2D eigenvalue weighted by atomic mass is 16.5. The first kappa shape index (κ1) is 20.7. The molecule has 2 aliphatic heterocycles. The Balaban J connectivity index is 1.35. The molecule has 3 aliphatic rings. The van der Waals surface area contributed by atoms with E-state index in [9.17, 15) is 4.79 Å². The number of esters is 1. The number of carbonyl (C=O) groups excluding carboxylic acids is 1. The van der Waals surface area contributed by atoms with Crippen LogP contribution in [0.3, 0.4) is 0 Å². The van der Waals surface area contributed by atoms with Gasteiger partial charge in [-0.1, -0.05) is 36.4 Å². The third-order valence-electron chi connectivity index (χ3n) is 6.65. The van der Waals surface area contributed by atoms with E-state index in [1.54, 1.807) is 0 Å². The predicted molar refractivity (Wildman–Crippen MR) is 116 cm³/mol. The lowest BCUT2D eigenvalue weighted by Crippen LogP contribution is -2.49. The van der Waals surface area contributed by atoms with E-state index in [0.717, 1.165) is 50.2 Å². The smallest absolute Gasteiger partial charge is 0.330 e. The molecule has 2 aromatic carbocycles.